The van der Waals surface area contributed by atoms with E-state index in [2.05, 4.69) is 5.32 Å². The molecule has 2 aromatic carbocycles. The molecule has 1 fully saturated rings. The summed E-state index contributed by atoms with van der Waals surface area (Å²) in [6.07, 6.45) is -0.414. The predicted octanol–water partition coefficient (Wildman–Crippen LogP) is 2.67. The SMILES string of the molecule is CN(C)CCC(NC(=O)C1OCC(=O)N(C)C1c1cccc(F)c1)c1ccc(F)cc1. The molecule has 0 bridgehead atoms. The summed E-state index contributed by atoms with van der Waals surface area (Å²) in [7, 11) is 5.42. The zero-order valence-electron chi connectivity index (χ0n) is 17.8. The van der Waals surface area contributed by atoms with Crippen molar-refractivity contribution in [3.63, 3.8) is 0 Å². The third-order valence-electron chi connectivity index (χ3n) is 5.39. The number of benzene rings is 2. The zero-order valence-corrected chi connectivity index (χ0v) is 17.8. The molecule has 31 heavy (non-hydrogen) atoms. The average Bonchev–Trinajstić information content (AvgIpc) is 2.73. The highest BCUT2D eigenvalue weighted by Gasteiger charge is 2.40. The van der Waals surface area contributed by atoms with Crippen molar-refractivity contribution in [2.24, 2.45) is 0 Å². The predicted molar refractivity (Wildman–Crippen MR) is 112 cm³/mol. The molecule has 1 aliphatic rings. The lowest BCUT2D eigenvalue weighted by Crippen LogP contribution is -2.53. The van der Waals surface area contributed by atoms with E-state index >= 15 is 0 Å². The highest BCUT2D eigenvalue weighted by atomic mass is 19.1. The second-order valence-electron chi connectivity index (χ2n) is 7.94. The summed E-state index contributed by atoms with van der Waals surface area (Å²) in [5, 5.41) is 2.98. The average molecular weight is 431 g/mol. The van der Waals surface area contributed by atoms with Crippen LogP contribution >= 0.6 is 0 Å². The van der Waals surface area contributed by atoms with Gasteiger partial charge in [-0.2, -0.15) is 0 Å². The van der Waals surface area contributed by atoms with E-state index in [-0.39, 0.29) is 24.4 Å². The van der Waals surface area contributed by atoms with Gasteiger partial charge < -0.3 is 19.9 Å². The van der Waals surface area contributed by atoms with E-state index in [1.54, 1.807) is 25.2 Å². The molecule has 3 unspecified atom stereocenters. The van der Waals surface area contributed by atoms with Gasteiger partial charge in [0.2, 0.25) is 5.91 Å². The molecule has 2 aromatic rings. The monoisotopic (exact) mass is 431 g/mol. The third-order valence-corrected chi connectivity index (χ3v) is 5.39. The van der Waals surface area contributed by atoms with Crippen LogP contribution in [0.25, 0.3) is 0 Å². The van der Waals surface area contributed by atoms with Crippen LogP contribution in [0.15, 0.2) is 48.5 Å². The Bertz CT molecular complexity index is 921. The van der Waals surface area contributed by atoms with Crippen LogP contribution < -0.4 is 5.32 Å². The van der Waals surface area contributed by atoms with E-state index in [0.29, 0.717) is 18.5 Å². The highest BCUT2D eigenvalue weighted by molar-refractivity contribution is 5.86. The van der Waals surface area contributed by atoms with Gasteiger partial charge in [0.05, 0.1) is 12.1 Å². The van der Waals surface area contributed by atoms with Crippen LogP contribution in [0.2, 0.25) is 0 Å². The molecule has 0 aromatic heterocycles. The van der Waals surface area contributed by atoms with Gasteiger partial charge in [0.25, 0.3) is 5.91 Å². The first-order valence-corrected chi connectivity index (χ1v) is 10.1. The van der Waals surface area contributed by atoms with Crippen molar-refractivity contribution in [1.82, 2.24) is 15.1 Å². The molecule has 0 radical (unpaired) electrons. The lowest BCUT2D eigenvalue weighted by Gasteiger charge is -2.39. The maximum atomic E-state index is 13.8. The number of carbonyl (C=O) groups excluding carboxylic acids is 2. The van der Waals surface area contributed by atoms with E-state index < -0.39 is 23.9 Å². The van der Waals surface area contributed by atoms with Crippen molar-refractivity contribution in [1.29, 1.82) is 0 Å². The minimum Gasteiger partial charge on any atom is -0.356 e. The molecule has 2 amide bonds. The largest absolute Gasteiger partial charge is 0.356 e. The standard InChI is InChI=1S/C23H27F2N3O3/c1-27(2)12-11-19(15-7-9-17(24)10-8-15)26-23(30)22-21(28(3)20(29)14-31-22)16-5-4-6-18(25)13-16/h4-10,13,19,21-22H,11-12,14H2,1-3H3,(H,26,30). The number of halogens is 2. The minimum absolute atomic E-state index is 0.237. The van der Waals surface area contributed by atoms with E-state index in [0.717, 1.165) is 5.56 Å². The molecule has 3 atom stereocenters. The summed E-state index contributed by atoms with van der Waals surface area (Å²) in [6, 6.07) is 10.6. The van der Waals surface area contributed by atoms with Gasteiger partial charge >= 0.3 is 0 Å². The van der Waals surface area contributed by atoms with Crippen LogP contribution in [-0.2, 0) is 14.3 Å². The number of hydrogen-bond donors (Lipinski definition) is 1. The maximum Gasteiger partial charge on any atom is 0.252 e. The number of likely N-dealkylation sites (N-methyl/N-ethyl adjacent to an activating group) is 1. The summed E-state index contributed by atoms with van der Waals surface area (Å²) < 4.78 is 32.8. The topological polar surface area (TPSA) is 61.9 Å². The number of hydrogen-bond acceptors (Lipinski definition) is 4. The number of carbonyl (C=O) groups is 2. The second kappa shape index (κ2) is 9.98. The van der Waals surface area contributed by atoms with Gasteiger partial charge in [-0.1, -0.05) is 24.3 Å². The van der Waals surface area contributed by atoms with Crippen molar-refractivity contribution in [3.05, 3.63) is 71.3 Å². The molecular weight excluding hydrogens is 404 g/mol. The Balaban J connectivity index is 1.86. The fraction of sp³-hybridized carbons (Fsp3) is 0.391. The first-order chi connectivity index (χ1) is 14.8. The molecule has 1 saturated heterocycles. The van der Waals surface area contributed by atoms with E-state index in [4.69, 9.17) is 4.74 Å². The number of nitrogens with zero attached hydrogens (tertiary/aromatic N) is 2. The summed E-state index contributed by atoms with van der Waals surface area (Å²) in [6.45, 7) is 0.457. The quantitative estimate of drug-likeness (QED) is 0.732. The molecule has 8 heteroatoms. The number of amides is 2. The zero-order chi connectivity index (χ0) is 22.5. The highest BCUT2D eigenvalue weighted by Crippen LogP contribution is 2.30. The Hall–Kier alpha value is -2.84. The van der Waals surface area contributed by atoms with Crippen LogP contribution in [0.5, 0.6) is 0 Å². The number of rotatable bonds is 7. The summed E-state index contributed by atoms with van der Waals surface area (Å²) in [5.41, 5.74) is 1.24. The van der Waals surface area contributed by atoms with Crippen molar-refractivity contribution in [2.75, 3.05) is 34.3 Å². The fourth-order valence-electron chi connectivity index (χ4n) is 3.68. The van der Waals surface area contributed by atoms with E-state index in [1.165, 1.54) is 35.2 Å². The molecule has 6 nitrogen and oxygen atoms in total. The third kappa shape index (κ3) is 5.65. The second-order valence-corrected chi connectivity index (χ2v) is 7.94. The normalized spacial score (nSPS) is 20.1. The lowest BCUT2D eigenvalue weighted by atomic mass is 9.96. The number of ether oxygens (including phenoxy) is 1. The number of nitrogens with one attached hydrogen (secondary N) is 1. The van der Waals surface area contributed by atoms with Gasteiger partial charge in [0.1, 0.15) is 18.2 Å². The van der Waals surface area contributed by atoms with Crippen LogP contribution in [0.4, 0.5) is 8.78 Å². The number of morpholine rings is 1. The van der Waals surface area contributed by atoms with Crippen molar-refractivity contribution in [3.8, 4) is 0 Å². The van der Waals surface area contributed by atoms with Crippen LogP contribution in [0.1, 0.15) is 29.6 Å². The van der Waals surface area contributed by atoms with Crippen LogP contribution in [0, 0.1) is 11.6 Å². The van der Waals surface area contributed by atoms with Gasteiger partial charge in [0.15, 0.2) is 6.10 Å². The Morgan fingerprint density at radius 1 is 1.19 bits per heavy atom. The smallest absolute Gasteiger partial charge is 0.252 e. The van der Waals surface area contributed by atoms with Gasteiger partial charge in [-0.05, 0) is 62.5 Å². The molecule has 0 saturated carbocycles. The van der Waals surface area contributed by atoms with E-state index in [1.807, 2.05) is 19.0 Å². The Kier molecular flexibility index (Phi) is 7.35. The lowest BCUT2D eigenvalue weighted by molar-refractivity contribution is -0.162. The van der Waals surface area contributed by atoms with Gasteiger partial charge in [-0.25, -0.2) is 8.78 Å². The first kappa shape index (κ1) is 22.8. The molecule has 0 spiro atoms. The molecule has 3 rings (SSSR count). The summed E-state index contributed by atoms with van der Waals surface area (Å²) in [5.74, 6) is -1.52. The summed E-state index contributed by atoms with van der Waals surface area (Å²) >= 11 is 0. The molecule has 166 valence electrons. The van der Waals surface area contributed by atoms with Crippen LogP contribution in [-0.4, -0.2) is 62.0 Å². The molecule has 1 N–H and O–H groups in total. The van der Waals surface area contributed by atoms with Crippen molar-refractivity contribution in [2.45, 2.75) is 24.6 Å². The molecule has 0 aliphatic carbocycles. The van der Waals surface area contributed by atoms with Gasteiger partial charge in [-0.15, -0.1) is 0 Å². The van der Waals surface area contributed by atoms with Crippen LogP contribution in [0.3, 0.4) is 0 Å². The first-order valence-electron chi connectivity index (χ1n) is 10.1. The summed E-state index contributed by atoms with van der Waals surface area (Å²) in [4.78, 5) is 28.9. The fourth-order valence-corrected chi connectivity index (χ4v) is 3.68. The van der Waals surface area contributed by atoms with Crippen molar-refractivity contribution < 1.29 is 23.1 Å². The van der Waals surface area contributed by atoms with Gasteiger partial charge in [0, 0.05) is 7.05 Å². The Labute approximate surface area is 180 Å². The Morgan fingerprint density at radius 2 is 1.90 bits per heavy atom. The maximum absolute atomic E-state index is 13.8. The Morgan fingerprint density at radius 3 is 2.55 bits per heavy atom. The molecule has 1 aliphatic heterocycles. The minimum atomic E-state index is -1.01. The van der Waals surface area contributed by atoms with E-state index in [9.17, 15) is 18.4 Å². The van der Waals surface area contributed by atoms with Crippen molar-refractivity contribution >= 4 is 11.8 Å². The van der Waals surface area contributed by atoms with Gasteiger partial charge in [-0.3, -0.25) is 9.59 Å². The molecule has 1 heterocycles. The molecular formula is C23H27F2N3O3.